The fraction of sp³-hybridized carbons (Fsp3) is 0.706. The molecule has 2 heterocycles. The molecule has 2 N–H and O–H groups in total. The minimum atomic E-state index is -0.482. The zero-order chi connectivity index (χ0) is 18.6. The first-order valence-corrected chi connectivity index (χ1v) is 9.37. The Labute approximate surface area is 177 Å². The highest BCUT2D eigenvalue weighted by Crippen LogP contribution is 2.16. The normalized spacial score (nSPS) is 17.7. The number of carbonyl (C=O) groups excluding carboxylic acids is 1. The molecule has 1 amide bonds. The number of rotatable bonds is 3. The molecule has 1 aliphatic heterocycles. The lowest BCUT2D eigenvalue weighted by molar-refractivity contribution is 0.0507. The van der Waals surface area contributed by atoms with Gasteiger partial charge in [-0.1, -0.05) is 0 Å². The van der Waals surface area contributed by atoms with Crippen LogP contribution >= 0.6 is 35.3 Å². The van der Waals surface area contributed by atoms with Gasteiger partial charge in [-0.3, -0.25) is 4.99 Å². The molecule has 1 aromatic heterocycles. The molecule has 1 atom stereocenters. The predicted molar refractivity (Wildman–Crippen MR) is 117 cm³/mol. The number of amides is 1. The molecule has 26 heavy (non-hydrogen) atoms. The molecule has 0 bridgehead atoms. The van der Waals surface area contributed by atoms with E-state index in [1.165, 1.54) is 4.88 Å². The maximum absolute atomic E-state index is 11.9. The van der Waals surface area contributed by atoms with Crippen LogP contribution in [0.25, 0.3) is 0 Å². The molecular weight excluding hydrogens is 465 g/mol. The van der Waals surface area contributed by atoms with E-state index in [4.69, 9.17) is 4.74 Å². The number of likely N-dealkylation sites (tertiary alicyclic amines) is 1. The minimum Gasteiger partial charge on any atom is -0.444 e. The molecule has 0 aliphatic carbocycles. The number of carbonyl (C=O) groups is 1. The van der Waals surface area contributed by atoms with Crippen LogP contribution in [-0.2, 0) is 11.3 Å². The highest BCUT2D eigenvalue weighted by molar-refractivity contribution is 14.0. The predicted octanol–water partition coefficient (Wildman–Crippen LogP) is 3.05. The van der Waals surface area contributed by atoms with Crippen molar-refractivity contribution in [3.8, 4) is 0 Å². The van der Waals surface area contributed by atoms with Crippen molar-refractivity contribution < 1.29 is 9.53 Å². The van der Waals surface area contributed by atoms with E-state index >= 15 is 0 Å². The van der Waals surface area contributed by atoms with Crippen molar-refractivity contribution in [1.29, 1.82) is 0 Å². The summed E-state index contributed by atoms with van der Waals surface area (Å²) >= 11 is 1.70. The van der Waals surface area contributed by atoms with Gasteiger partial charge in [0.2, 0.25) is 0 Å². The van der Waals surface area contributed by atoms with E-state index in [0.29, 0.717) is 6.54 Å². The Morgan fingerprint density at radius 1 is 1.42 bits per heavy atom. The molecule has 7 nitrogen and oxygen atoms in total. The number of nitrogens with one attached hydrogen (secondary N) is 2. The Bertz CT molecular complexity index is 622. The Kier molecular flexibility index (Phi) is 8.58. The van der Waals surface area contributed by atoms with Crippen molar-refractivity contribution in [2.24, 2.45) is 4.99 Å². The number of aryl methyl sites for hydroxylation is 2. The summed E-state index contributed by atoms with van der Waals surface area (Å²) < 4.78 is 5.32. The first-order chi connectivity index (χ1) is 11.7. The highest BCUT2D eigenvalue weighted by Gasteiger charge is 2.27. The summed E-state index contributed by atoms with van der Waals surface area (Å²) in [6, 6.07) is 0.0674. The van der Waals surface area contributed by atoms with Crippen molar-refractivity contribution in [1.82, 2.24) is 20.5 Å². The molecule has 0 saturated carbocycles. The Hall–Kier alpha value is -1.10. The van der Waals surface area contributed by atoms with Gasteiger partial charge in [-0.15, -0.1) is 35.3 Å². The third kappa shape index (κ3) is 6.90. The summed E-state index contributed by atoms with van der Waals surface area (Å²) in [7, 11) is 1.77. The summed E-state index contributed by atoms with van der Waals surface area (Å²) in [6.45, 7) is 11.9. The number of guanidine groups is 1. The molecule has 0 radical (unpaired) electrons. The second-order valence-electron chi connectivity index (χ2n) is 7.23. The standard InChI is InChI=1S/C17H29N5O2S.HI/c1-11-12(2)25-14(20-11)9-19-15(18-6)22-8-7-13(10-22)21-16(23)24-17(3,4)5;/h13H,7-10H2,1-6H3,(H,18,19)(H,21,23);1H. The molecule has 9 heteroatoms. The summed E-state index contributed by atoms with van der Waals surface area (Å²) in [4.78, 5) is 24.2. The van der Waals surface area contributed by atoms with Gasteiger partial charge < -0.3 is 20.3 Å². The van der Waals surface area contributed by atoms with Crippen molar-refractivity contribution in [3.05, 3.63) is 15.6 Å². The quantitative estimate of drug-likeness (QED) is 0.383. The van der Waals surface area contributed by atoms with Crippen LogP contribution in [0.4, 0.5) is 4.79 Å². The number of aliphatic imine (C=N–C) groups is 1. The van der Waals surface area contributed by atoms with Crippen molar-refractivity contribution in [3.63, 3.8) is 0 Å². The molecular formula is C17H30IN5O2S. The zero-order valence-corrected chi connectivity index (χ0v) is 19.5. The molecule has 1 saturated heterocycles. The van der Waals surface area contributed by atoms with Crippen molar-refractivity contribution >= 4 is 47.4 Å². The van der Waals surface area contributed by atoms with Gasteiger partial charge in [0.25, 0.3) is 0 Å². The van der Waals surface area contributed by atoms with E-state index in [1.54, 1.807) is 18.4 Å². The SMILES string of the molecule is CN=C(NCc1nc(C)c(C)s1)N1CCC(NC(=O)OC(C)(C)C)C1.I. The summed E-state index contributed by atoms with van der Waals surface area (Å²) in [6.07, 6.45) is 0.506. The molecule has 148 valence electrons. The molecule has 2 rings (SSSR count). The number of halogens is 1. The van der Waals surface area contributed by atoms with Gasteiger partial charge in [0.1, 0.15) is 10.6 Å². The average molecular weight is 495 g/mol. The number of thiazole rings is 1. The highest BCUT2D eigenvalue weighted by atomic mass is 127. The fourth-order valence-corrected chi connectivity index (χ4v) is 3.52. The number of hydrogen-bond acceptors (Lipinski definition) is 5. The van der Waals surface area contributed by atoms with Crippen molar-refractivity contribution in [2.75, 3.05) is 20.1 Å². The van der Waals surface area contributed by atoms with Crippen LogP contribution in [0.2, 0.25) is 0 Å². The first-order valence-electron chi connectivity index (χ1n) is 8.56. The van der Waals surface area contributed by atoms with Crippen LogP contribution in [0.1, 0.15) is 42.8 Å². The van der Waals surface area contributed by atoms with E-state index in [-0.39, 0.29) is 36.1 Å². The lowest BCUT2D eigenvalue weighted by Gasteiger charge is -2.23. The summed E-state index contributed by atoms with van der Waals surface area (Å²) in [5.74, 6) is 0.832. The third-order valence-corrected chi connectivity index (χ3v) is 4.96. The maximum Gasteiger partial charge on any atom is 0.407 e. The Morgan fingerprint density at radius 2 is 2.12 bits per heavy atom. The van der Waals surface area contributed by atoms with Crippen molar-refractivity contribution in [2.45, 2.75) is 59.2 Å². The lowest BCUT2D eigenvalue weighted by Crippen LogP contribution is -2.44. The minimum absolute atomic E-state index is 0. The number of aromatic nitrogens is 1. The number of nitrogens with zero attached hydrogens (tertiary/aromatic N) is 3. The van der Waals surface area contributed by atoms with Gasteiger partial charge in [-0.2, -0.15) is 0 Å². The van der Waals surface area contributed by atoms with Gasteiger partial charge in [-0.05, 0) is 41.0 Å². The number of ether oxygens (including phenoxy) is 1. The molecule has 1 aliphatic rings. The largest absolute Gasteiger partial charge is 0.444 e. The third-order valence-electron chi connectivity index (χ3n) is 3.89. The second kappa shape index (κ2) is 9.72. The van der Waals surface area contributed by atoms with E-state index < -0.39 is 5.60 Å². The van der Waals surface area contributed by atoms with Crippen LogP contribution < -0.4 is 10.6 Å². The van der Waals surface area contributed by atoms with Crippen LogP contribution in [0.15, 0.2) is 4.99 Å². The Morgan fingerprint density at radius 3 is 2.65 bits per heavy atom. The van der Waals surface area contributed by atoms with Crippen LogP contribution in [0.5, 0.6) is 0 Å². The topological polar surface area (TPSA) is 78.9 Å². The lowest BCUT2D eigenvalue weighted by atomic mass is 10.2. The fourth-order valence-electron chi connectivity index (χ4n) is 2.65. The van der Waals surface area contributed by atoms with E-state index in [1.807, 2.05) is 27.7 Å². The zero-order valence-electron chi connectivity index (χ0n) is 16.4. The van der Waals surface area contributed by atoms with Crippen LogP contribution in [0.3, 0.4) is 0 Å². The number of hydrogen-bond donors (Lipinski definition) is 2. The second-order valence-corrected chi connectivity index (χ2v) is 8.52. The smallest absolute Gasteiger partial charge is 0.407 e. The molecule has 1 aromatic rings. The van der Waals surface area contributed by atoms with Gasteiger partial charge in [0.05, 0.1) is 18.3 Å². The summed E-state index contributed by atoms with van der Waals surface area (Å²) in [5, 5.41) is 7.35. The Balaban J connectivity index is 0.00000338. The van der Waals surface area contributed by atoms with Crippen LogP contribution in [0, 0.1) is 13.8 Å². The van der Waals surface area contributed by atoms with E-state index in [9.17, 15) is 4.79 Å². The van der Waals surface area contributed by atoms with Gasteiger partial charge in [0.15, 0.2) is 5.96 Å². The van der Waals surface area contributed by atoms with E-state index in [0.717, 1.165) is 36.2 Å². The van der Waals surface area contributed by atoms with Crippen LogP contribution in [-0.4, -0.2) is 53.7 Å². The molecule has 0 spiro atoms. The van der Waals surface area contributed by atoms with Gasteiger partial charge in [0, 0.05) is 25.0 Å². The number of alkyl carbamates (subject to hydrolysis) is 1. The van der Waals surface area contributed by atoms with Gasteiger partial charge in [-0.25, -0.2) is 9.78 Å². The first kappa shape index (κ1) is 22.9. The molecule has 0 aromatic carbocycles. The summed E-state index contributed by atoms with van der Waals surface area (Å²) in [5.41, 5.74) is 0.601. The molecule has 1 fully saturated rings. The average Bonchev–Trinajstić information content (AvgIpc) is 3.05. The van der Waals surface area contributed by atoms with Gasteiger partial charge >= 0.3 is 6.09 Å². The molecule has 1 unspecified atom stereocenters. The maximum atomic E-state index is 11.9. The monoisotopic (exact) mass is 495 g/mol. The van der Waals surface area contributed by atoms with E-state index in [2.05, 4.69) is 32.4 Å².